The monoisotopic (exact) mass is 509 g/mol. The Hall–Kier alpha value is -4.44. The highest BCUT2D eigenvalue weighted by Crippen LogP contribution is 2.20. The second-order valence-corrected chi connectivity index (χ2v) is 8.61. The number of hydrogen-bond acceptors (Lipinski definition) is 10. The Morgan fingerprint density at radius 2 is 1.69 bits per heavy atom. The van der Waals surface area contributed by atoms with E-state index in [1.807, 2.05) is 0 Å². The second-order valence-electron chi connectivity index (χ2n) is 6.93. The zero-order chi connectivity index (χ0) is 25.9. The molecule has 0 saturated carbocycles. The Balaban J connectivity index is 1.74. The third-order valence-corrected chi connectivity index (χ3v) is 5.75. The summed E-state index contributed by atoms with van der Waals surface area (Å²) in [4.78, 5) is 38.3. The molecule has 3 rings (SSSR count). The predicted molar refractivity (Wildman–Crippen MR) is 116 cm³/mol. The highest BCUT2D eigenvalue weighted by molar-refractivity contribution is 7.90. The fourth-order valence-corrected chi connectivity index (χ4v) is 3.76. The van der Waals surface area contributed by atoms with Gasteiger partial charge in [-0.1, -0.05) is 6.07 Å². The van der Waals surface area contributed by atoms with Crippen molar-refractivity contribution >= 4 is 45.4 Å². The van der Waals surface area contributed by atoms with Crippen molar-refractivity contribution in [3.63, 3.8) is 0 Å². The van der Waals surface area contributed by atoms with E-state index in [1.165, 1.54) is 12.1 Å². The molecule has 13 nitrogen and oxygen atoms in total. The van der Waals surface area contributed by atoms with Gasteiger partial charge in [0.25, 0.3) is 21.8 Å². The average molecular weight is 509 g/mol. The van der Waals surface area contributed by atoms with E-state index in [0.717, 1.165) is 30.3 Å². The van der Waals surface area contributed by atoms with Crippen molar-refractivity contribution in [3.05, 3.63) is 59.7 Å². The Labute approximate surface area is 195 Å². The standard InChI is InChI=1S/C19H17F2N7O6S/c20-11-2-1-3-12(21)15(11)17(32)28-18(23)25-19(26-28)24-9-4-6-10(7-5-9)35(33,34)27-16(31)13(22)8-14(29)30/h1-7,13H,8,22H2,(H,27,31)(H,29,30)(H3,23,24,25,26). The maximum absolute atomic E-state index is 13.9. The first-order valence-electron chi connectivity index (χ1n) is 9.51. The van der Waals surface area contributed by atoms with Crippen LogP contribution in [0, 0.1) is 11.6 Å². The first-order chi connectivity index (χ1) is 16.4. The molecular formula is C19H17F2N7O6S. The Bertz CT molecular complexity index is 1390. The van der Waals surface area contributed by atoms with Crippen molar-refractivity contribution in [2.24, 2.45) is 5.73 Å². The normalized spacial score (nSPS) is 12.1. The highest BCUT2D eigenvalue weighted by atomic mass is 32.2. The fraction of sp³-hybridized carbons (Fsp3) is 0.105. The lowest BCUT2D eigenvalue weighted by Gasteiger charge is -2.11. The number of carbonyl (C=O) groups excluding carboxylic acids is 2. The molecule has 0 saturated heterocycles. The Morgan fingerprint density at radius 1 is 1.09 bits per heavy atom. The van der Waals surface area contributed by atoms with Gasteiger partial charge in [-0.05, 0) is 36.4 Å². The van der Waals surface area contributed by atoms with Gasteiger partial charge in [0.05, 0.1) is 17.4 Å². The van der Waals surface area contributed by atoms with Crippen molar-refractivity contribution in [1.29, 1.82) is 0 Å². The topological polar surface area (TPSA) is 212 Å². The number of carboxylic acid groups (broad SMARTS) is 1. The minimum absolute atomic E-state index is 0.222. The van der Waals surface area contributed by atoms with E-state index in [2.05, 4.69) is 15.4 Å². The summed E-state index contributed by atoms with van der Waals surface area (Å²) < 4.78 is 54.6. The molecule has 3 aromatic rings. The number of carbonyl (C=O) groups is 3. The van der Waals surface area contributed by atoms with Crippen LogP contribution < -0.4 is 21.5 Å². The summed E-state index contributed by atoms with van der Waals surface area (Å²) in [6.45, 7) is 0. The molecule has 0 spiro atoms. The van der Waals surface area contributed by atoms with Gasteiger partial charge in [-0.2, -0.15) is 9.67 Å². The van der Waals surface area contributed by atoms with Crippen molar-refractivity contribution in [3.8, 4) is 0 Å². The van der Waals surface area contributed by atoms with Gasteiger partial charge in [-0.15, -0.1) is 5.10 Å². The molecule has 1 heterocycles. The molecule has 0 aliphatic carbocycles. The lowest BCUT2D eigenvalue weighted by molar-refractivity contribution is -0.139. The molecule has 0 aliphatic rings. The van der Waals surface area contributed by atoms with Gasteiger partial charge >= 0.3 is 5.97 Å². The molecule has 1 unspecified atom stereocenters. The maximum Gasteiger partial charge on any atom is 0.305 e. The van der Waals surface area contributed by atoms with E-state index >= 15 is 0 Å². The summed E-state index contributed by atoms with van der Waals surface area (Å²) in [5.41, 5.74) is 10.3. The second kappa shape index (κ2) is 9.82. The van der Waals surface area contributed by atoms with Gasteiger partial charge < -0.3 is 21.9 Å². The molecule has 0 radical (unpaired) electrons. The summed E-state index contributed by atoms with van der Waals surface area (Å²) >= 11 is 0. The maximum atomic E-state index is 13.9. The molecule has 0 aliphatic heterocycles. The van der Waals surface area contributed by atoms with Gasteiger partial charge in [0.15, 0.2) is 0 Å². The Kier molecular flexibility index (Phi) is 7.06. The third-order valence-electron chi connectivity index (χ3n) is 4.39. The van der Waals surface area contributed by atoms with Crippen molar-refractivity contribution < 1.29 is 36.7 Å². The number of anilines is 3. The first kappa shape index (κ1) is 25.2. The lowest BCUT2D eigenvalue weighted by atomic mass is 10.2. The number of aliphatic carboxylic acids is 1. The smallest absolute Gasteiger partial charge is 0.305 e. The van der Waals surface area contributed by atoms with E-state index in [0.29, 0.717) is 4.68 Å². The summed E-state index contributed by atoms with van der Waals surface area (Å²) in [7, 11) is -4.35. The van der Waals surface area contributed by atoms with Crippen LogP contribution in [-0.2, 0) is 19.6 Å². The number of nitrogens with one attached hydrogen (secondary N) is 2. The number of aromatic nitrogens is 3. The fourth-order valence-electron chi connectivity index (χ4n) is 2.73. The number of benzene rings is 2. The number of nitrogen functional groups attached to an aromatic ring is 1. The summed E-state index contributed by atoms with van der Waals surface area (Å²) in [5, 5.41) is 15.0. The number of halogens is 2. The molecule has 2 aromatic carbocycles. The van der Waals surface area contributed by atoms with Gasteiger partial charge in [0.2, 0.25) is 11.9 Å². The zero-order valence-corrected chi connectivity index (χ0v) is 18.3. The van der Waals surface area contributed by atoms with Crippen LogP contribution >= 0.6 is 0 Å². The highest BCUT2D eigenvalue weighted by Gasteiger charge is 2.25. The molecule has 0 fully saturated rings. The van der Waals surface area contributed by atoms with Gasteiger partial charge in [0.1, 0.15) is 17.2 Å². The summed E-state index contributed by atoms with van der Waals surface area (Å²) in [5.74, 6) is -6.72. The molecule has 184 valence electrons. The minimum Gasteiger partial charge on any atom is -0.481 e. The average Bonchev–Trinajstić information content (AvgIpc) is 3.13. The Morgan fingerprint density at radius 3 is 2.26 bits per heavy atom. The first-order valence-corrected chi connectivity index (χ1v) is 11.0. The minimum atomic E-state index is -4.35. The summed E-state index contributed by atoms with van der Waals surface area (Å²) in [6.07, 6.45) is -0.765. The van der Waals surface area contributed by atoms with Gasteiger partial charge in [-0.3, -0.25) is 14.4 Å². The quantitative estimate of drug-likeness (QED) is 0.276. The third kappa shape index (κ3) is 5.74. The zero-order valence-electron chi connectivity index (χ0n) is 17.5. The number of nitrogens with two attached hydrogens (primary N) is 2. The van der Waals surface area contributed by atoms with E-state index in [4.69, 9.17) is 16.6 Å². The molecule has 35 heavy (non-hydrogen) atoms. The molecule has 1 amide bonds. The van der Waals surface area contributed by atoms with Gasteiger partial charge in [-0.25, -0.2) is 21.9 Å². The van der Waals surface area contributed by atoms with Crippen LogP contribution in [-0.4, -0.2) is 52.1 Å². The lowest BCUT2D eigenvalue weighted by Crippen LogP contribution is -2.44. The van der Waals surface area contributed by atoms with Crippen LogP contribution in [0.15, 0.2) is 47.4 Å². The number of rotatable bonds is 8. The molecule has 16 heteroatoms. The number of nitrogens with zero attached hydrogens (tertiary/aromatic N) is 3. The number of sulfonamides is 1. The van der Waals surface area contributed by atoms with Crippen molar-refractivity contribution in [2.75, 3.05) is 11.1 Å². The molecule has 0 bridgehead atoms. The molecule has 7 N–H and O–H groups in total. The van der Waals surface area contributed by atoms with E-state index in [9.17, 15) is 31.6 Å². The molecule has 1 atom stereocenters. The largest absolute Gasteiger partial charge is 0.481 e. The van der Waals surface area contributed by atoms with Crippen LogP contribution in [0.25, 0.3) is 0 Å². The van der Waals surface area contributed by atoms with Gasteiger partial charge in [0, 0.05) is 5.69 Å². The van der Waals surface area contributed by atoms with Crippen LogP contribution in [0.4, 0.5) is 26.4 Å². The van der Waals surface area contributed by atoms with E-state index in [1.54, 1.807) is 4.72 Å². The predicted octanol–water partition coefficient (Wildman–Crippen LogP) is 0.177. The van der Waals surface area contributed by atoms with Crippen LogP contribution in [0.2, 0.25) is 0 Å². The van der Waals surface area contributed by atoms with E-state index < -0.39 is 63.4 Å². The number of amides is 1. The number of hydrogen-bond donors (Lipinski definition) is 5. The SMILES string of the molecule is Nc1nc(Nc2ccc(S(=O)(=O)NC(=O)C(N)CC(=O)O)cc2)nn1C(=O)c1c(F)cccc1F. The number of carboxylic acids is 1. The van der Waals surface area contributed by atoms with Crippen LogP contribution in [0.3, 0.4) is 0 Å². The van der Waals surface area contributed by atoms with Crippen LogP contribution in [0.1, 0.15) is 16.8 Å². The summed E-state index contributed by atoms with van der Waals surface area (Å²) in [6, 6.07) is 5.99. The molecular weight excluding hydrogens is 492 g/mol. The van der Waals surface area contributed by atoms with Crippen molar-refractivity contribution in [2.45, 2.75) is 17.4 Å². The van der Waals surface area contributed by atoms with Crippen LogP contribution in [0.5, 0.6) is 0 Å². The van der Waals surface area contributed by atoms with E-state index in [-0.39, 0.29) is 16.5 Å². The molecule has 1 aromatic heterocycles. The van der Waals surface area contributed by atoms with Crippen molar-refractivity contribution in [1.82, 2.24) is 19.5 Å².